The van der Waals surface area contributed by atoms with Gasteiger partial charge in [-0.3, -0.25) is 0 Å². The second kappa shape index (κ2) is 5.95. The molecule has 1 N–H and O–H groups in total. The van der Waals surface area contributed by atoms with E-state index in [1.165, 1.54) is 29.7 Å². The molecule has 1 aliphatic carbocycles. The van der Waals surface area contributed by atoms with E-state index in [0.29, 0.717) is 0 Å². The van der Waals surface area contributed by atoms with Crippen molar-refractivity contribution < 1.29 is 4.74 Å². The van der Waals surface area contributed by atoms with Gasteiger partial charge in [-0.05, 0) is 55.0 Å². The number of pyridine rings is 1. The van der Waals surface area contributed by atoms with Gasteiger partial charge in [-0.1, -0.05) is 18.2 Å². The molecular weight excluding hydrogens is 248 g/mol. The van der Waals surface area contributed by atoms with Crippen LogP contribution in [0.5, 0.6) is 5.75 Å². The zero-order valence-corrected chi connectivity index (χ0v) is 11.9. The van der Waals surface area contributed by atoms with Crippen molar-refractivity contribution in [3.8, 4) is 5.75 Å². The molecular formula is C17H20N2O. The van der Waals surface area contributed by atoms with Crippen molar-refractivity contribution in [1.82, 2.24) is 4.98 Å². The van der Waals surface area contributed by atoms with Gasteiger partial charge in [-0.25, -0.2) is 4.98 Å². The number of anilines is 1. The topological polar surface area (TPSA) is 34.1 Å². The Bertz CT molecular complexity index is 595. The first-order valence-corrected chi connectivity index (χ1v) is 7.21. The molecule has 3 nitrogen and oxygen atoms in total. The lowest BCUT2D eigenvalue weighted by atomic mass is 10.1. The smallest absolute Gasteiger partial charge is 0.126 e. The van der Waals surface area contributed by atoms with E-state index >= 15 is 0 Å². The van der Waals surface area contributed by atoms with E-state index in [2.05, 4.69) is 34.6 Å². The number of hydrogen-bond acceptors (Lipinski definition) is 3. The number of nitrogens with zero attached hydrogens (tertiary/aromatic N) is 1. The first-order valence-electron chi connectivity index (χ1n) is 7.21. The molecule has 0 saturated heterocycles. The summed E-state index contributed by atoms with van der Waals surface area (Å²) in [6.07, 6.45) is 4.53. The monoisotopic (exact) mass is 268 g/mol. The average Bonchev–Trinajstić information content (AvgIpc) is 2.95. The van der Waals surface area contributed by atoms with Gasteiger partial charge in [-0.15, -0.1) is 0 Å². The molecule has 0 spiro atoms. The molecule has 1 aliphatic rings. The van der Waals surface area contributed by atoms with Crippen LogP contribution in [0.4, 0.5) is 5.82 Å². The second-order valence-electron chi connectivity index (χ2n) is 5.18. The maximum absolute atomic E-state index is 5.24. The number of rotatable bonds is 5. The van der Waals surface area contributed by atoms with Crippen LogP contribution in [0.15, 0.2) is 36.4 Å². The van der Waals surface area contributed by atoms with Gasteiger partial charge < -0.3 is 10.1 Å². The van der Waals surface area contributed by atoms with Crippen LogP contribution in [0.1, 0.15) is 23.2 Å². The number of hydrogen-bond donors (Lipinski definition) is 1. The molecule has 3 rings (SSSR count). The number of fused-ring (bicyclic) bond motifs is 1. The normalized spacial score (nSPS) is 13.1. The van der Waals surface area contributed by atoms with Gasteiger partial charge in [0.25, 0.3) is 0 Å². The molecule has 0 bridgehead atoms. The minimum Gasteiger partial charge on any atom is -0.497 e. The Hall–Kier alpha value is -2.03. The summed E-state index contributed by atoms with van der Waals surface area (Å²) in [6.45, 7) is 0.888. The van der Waals surface area contributed by atoms with Crippen LogP contribution >= 0.6 is 0 Å². The highest BCUT2D eigenvalue weighted by atomic mass is 16.5. The standard InChI is InChI=1S/C17H20N2O/c1-20-15-6-2-4-13(12-15)10-11-18-17-9-8-14-5-3-7-16(14)19-17/h2,4,6,8-9,12H,3,5,7,10-11H2,1H3,(H,18,19). The Labute approximate surface area is 120 Å². The Balaban J connectivity index is 1.57. The molecule has 0 amide bonds. The van der Waals surface area contributed by atoms with Crippen LogP contribution in [0.3, 0.4) is 0 Å². The molecule has 1 aromatic heterocycles. The highest BCUT2D eigenvalue weighted by Crippen LogP contribution is 2.21. The van der Waals surface area contributed by atoms with Gasteiger partial charge in [0.15, 0.2) is 0 Å². The van der Waals surface area contributed by atoms with E-state index in [9.17, 15) is 0 Å². The summed E-state index contributed by atoms with van der Waals surface area (Å²) < 4.78 is 5.24. The van der Waals surface area contributed by atoms with Gasteiger partial charge in [0.05, 0.1) is 7.11 Å². The lowest BCUT2D eigenvalue weighted by Gasteiger charge is -2.08. The molecule has 104 valence electrons. The second-order valence-corrected chi connectivity index (χ2v) is 5.18. The zero-order chi connectivity index (χ0) is 13.8. The number of methoxy groups -OCH3 is 1. The Kier molecular flexibility index (Phi) is 3.86. The van der Waals surface area contributed by atoms with Crippen molar-refractivity contribution in [2.75, 3.05) is 19.0 Å². The molecule has 0 atom stereocenters. The third-order valence-electron chi connectivity index (χ3n) is 3.78. The average molecular weight is 268 g/mol. The van der Waals surface area contributed by atoms with E-state index in [1.54, 1.807) is 7.11 Å². The van der Waals surface area contributed by atoms with E-state index in [0.717, 1.165) is 31.0 Å². The molecule has 0 saturated carbocycles. The van der Waals surface area contributed by atoms with Crippen molar-refractivity contribution in [3.63, 3.8) is 0 Å². The maximum atomic E-state index is 5.24. The highest BCUT2D eigenvalue weighted by molar-refractivity contribution is 5.40. The van der Waals surface area contributed by atoms with E-state index in [-0.39, 0.29) is 0 Å². The van der Waals surface area contributed by atoms with Crippen molar-refractivity contribution in [3.05, 3.63) is 53.2 Å². The summed E-state index contributed by atoms with van der Waals surface area (Å²) >= 11 is 0. The van der Waals surface area contributed by atoms with Crippen molar-refractivity contribution in [1.29, 1.82) is 0 Å². The molecule has 2 aromatic rings. The third-order valence-corrected chi connectivity index (χ3v) is 3.78. The van der Waals surface area contributed by atoms with Crippen LogP contribution in [-0.2, 0) is 19.3 Å². The van der Waals surface area contributed by atoms with Gasteiger partial charge in [0.2, 0.25) is 0 Å². The van der Waals surface area contributed by atoms with Crippen LogP contribution < -0.4 is 10.1 Å². The van der Waals surface area contributed by atoms with E-state index in [4.69, 9.17) is 4.74 Å². The van der Waals surface area contributed by atoms with Gasteiger partial charge in [-0.2, -0.15) is 0 Å². The fourth-order valence-corrected chi connectivity index (χ4v) is 2.68. The molecule has 0 fully saturated rings. The minimum absolute atomic E-state index is 0.888. The summed E-state index contributed by atoms with van der Waals surface area (Å²) in [4.78, 5) is 4.68. The Morgan fingerprint density at radius 3 is 3.05 bits per heavy atom. The lowest BCUT2D eigenvalue weighted by molar-refractivity contribution is 0.414. The van der Waals surface area contributed by atoms with Gasteiger partial charge in [0, 0.05) is 12.2 Å². The Morgan fingerprint density at radius 1 is 1.20 bits per heavy atom. The minimum atomic E-state index is 0.888. The summed E-state index contributed by atoms with van der Waals surface area (Å²) in [5, 5.41) is 3.41. The predicted octanol–water partition coefficient (Wildman–Crippen LogP) is 3.23. The fourth-order valence-electron chi connectivity index (χ4n) is 2.68. The van der Waals surface area contributed by atoms with Crippen LogP contribution in [0.2, 0.25) is 0 Å². The summed E-state index contributed by atoms with van der Waals surface area (Å²) in [7, 11) is 1.70. The van der Waals surface area contributed by atoms with Crippen molar-refractivity contribution >= 4 is 5.82 Å². The van der Waals surface area contributed by atoms with Gasteiger partial charge >= 0.3 is 0 Å². The summed E-state index contributed by atoms with van der Waals surface area (Å²) in [6, 6.07) is 12.5. The third kappa shape index (κ3) is 2.93. The van der Waals surface area contributed by atoms with Crippen LogP contribution in [0, 0.1) is 0 Å². The summed E-state index contributed by atoms with van der Waals surface area (Å²) in [5.74, 6) is 1.91. The largest absolute Gasteiger partial charge is 0.497 e. The number of benzene rings is 1. The SMILES string of the molecule is COc1cccc(CCNc2ccc3c(n2)CCC3)c1. The maximum Gasteiger partial charge on any atom is 0.126 e. The van der Waals surface area contributed by atoms with Gasteiger partial charge in [0.1, 0.15) is 11.6 Å². The zero-order valence-electron chi connectivity index (χ0n) is 11.9. The number of aryl methyl sites for hydroxylation is 2. The number of nitrogens with one attached hydrogen (secondary N) is 1. The van der Waals surface area contributed by atoms with Crippen molar-refractivity contribution in [2.24, 2.45) is 0 Å². The summed E-state index contributed by atoms with van der Waals surface area (Å²) in [5.41, 5.74) is 3.97. The van der Waals surface area contributed by atoms with Crippen LogP contribution in [-0.4, -0.2) is 18.6 Å². The molecule has 1 heterocycles. The molecule has 3 heteroatoms. The predicted molar refractivity (Wildman–Crippen MR) is 81.4 cm³/mol. The molecule has 20 heavy (non-hydrogen) atoms. The lowest BCUT2D eigenvalue weighted by Crippen LogP contribution is -2.07. The molecule has 0 unspecified atom stereocenters. The van der Waals surface area contributed by atoms with E-state index < -0.39 is 0 Å². The van der Waals surface area contributed by atoms with Crippen molar-refractivity contribution in [2.45, 2.75) is 25.7 Å². The van der Waals surface area contributed by atoms with Crippen LogP contribution in [0.25, 0.3) is 0 Å². The quantitative estimate of drug-likeness (QED) is 0.904. The fraction of sp³-hybridized carbons (Fsp3) is 0.353. The number of ether oxygens (including phenoxy) is 1. The first-order chi connectivity index (χ1) is 9.85. The molecule has 0 aliphatic heterocycles. The number of aromatic nitrogens is 1. The Morgan fingerprint density at radius 2 is 2.15 bits per heavy atom. The van der Waals surface area contributed by atoms with E-state index in [1.807, 2.05) is 12.1 Å². The molecule has 0 radical (unpaired) electrons. The molecule has 1 aromatic carbocycles. The highest BCUT2D eigenvalue weighted by Gasteiger charge is 2.12. The first kappa shape index (κ1) is 13.0.